The monoisotopic (exact) mass is 563 g/mol. The van der Waals surface area contributed by atoms with Crippen LogP contribution in [0.4, 0.5) is 0 Å². The van der Waals surface area contributed by atoms with E-state index in [-0.39, 0.29) is 8.41 Å². The second-order valence-electron chi connectivity index (χ2n) is 15.6. The predicted octanol–water partition coefficient (Wildman–Crippen LogP) is 2.22. The van der Waals surface area contributed by atoms with Gasteiger partial charge in [-0.05, 0) is 98.7 Å². The zero-order valence-electron chi connectivity index (χ0n) is 25.1. The molecule has 5 heterocycles. The highest BCUT2D eigenvalue weighted by molar-refractivity contribution is 5.75. The third-order valence-electron chi connectivity index (χ3n) is 13.8. The van der Waals surface area contributed by atoms with Crippen molar-refractivity contribution in [3.63, 3.8) is 0 Å². The molecule has 8 unspecified atom stereocenters. The van der Waals surface area contributed by atoms with Crippen LogP contribution in [0.3, 0.4) is 0 Å². The van der Waals surface area contributed by atoms with Crippen LogP contribution in [0.1, 0.15) is 103 Å². The molecule has 9 heteroatoms. The second kappa shape index (κ2) is 11.6. The third kappa shape index (κ3) is 4.88. The van der Waals surface area contributed by atoms with Crippen molar-refractivity contribution in [1.82, 2.24) is 42.5 Å². The van der Waals surface area contributed by atoms with Gasteiger partial charge in [-0.25, -0.2) is 0 Å². The minimum Gasteiger partial charge on any atom is -0.286 e. The summed E-state index contributed by atoms with van der Waals surface area (Å²) in [6.07, 6.45) is 25.6. The van der Waals surface area contributed by atoms with Crippen LogP contribution < -0.4 is 42.5 Å². The summed E-state index contributed by atoms with van der Waals surface area (Å²) < 4.78 is 0. The highest BCUT2D eigenvalue weighted by atomic mass is 15.4. The smallest absolute Gasteiger partial charge is 0.0628 e. The SMILES string of the molecule is C1CCC2C3NC(NC4NC(NC5NC(NC6NC(N3)C3CCCCC63)C3CCCCC53)C3CCCCC43)C2C1.[B]. The highest BCUT2D eigenvalue weighted by Crippen LogP contribution is 2.45. The third-order valence-corrected chi connectivity index (χ3v) is 13.8. The Hall–Kier alpha value is -0.255. The van der Waals surface area contributed by atoms with Crippen LogP contribution in [-0.2, 0) is 0 Å². The van der Waals surface area contributed by atoms with E-state index in [1.165, 1.54) is 103 Å². The Morgan fingerprint density at radius 3 is 0.463 bits per heavy atom. The number of rotatable bonds is 0. The molecule has 0 spiro atoms. The van der Waals surface area contributed by atoms with Crippen LogP contribution in [0.15, 0.2) is 0 Å². The topological polar surface area (TPSA) is 96.2 Å². The second-order valence-corrected chi connectivity index (χ2v) is 15.6. The average Bonchev–Trinajstić information content (AvgIpc) is 3.73. The van der Waals surface area contributed by atoms with E-state index in [9.17, 15) is 0 Å². The Morgan fingerprint density at radius 2 is 0.341 bits per heavy atom. The van der Waals surface area contributed by atoms with Crippen molar-refractivity contribution in [2.24, 2.45) is 47.3 Å². The maximum absolute atomic E-state index is 4.26. The molecule has 41 heavy (non-hydrogen) atoms. The summed E-state index contributed by atoms with van der Waals surface area (Å²) in [5.74, 6) is 5.97. The molecule has 0 amide bonds. The molecule has 8 atom stereocenters. The van der Waals surface area contributed by atoms with Gasteiger partial charge in [0.2, 0.25) is 0 Å². The summed E-state index contributed by atoms with van der Waals surface area (Å²) in [6.45, 7) is 0. The van der Waals surface area contributed by atoms with E-state index in [0.717, 1.165) is 47.3 Å². The van der Waals surface area contributed by atoms with Gasteiger partial charge in [-0.1, -0.05) is 51.4 Å². The zero-order valence-corrected chi connectivity index (χ0v) is 25.1. The van der Waals surface area contributed by atoms with Crippen molar-refractivity contribution in [2.75, 3.05) is 0 Å². The fourth-order valence-corrected chi connectivity index (χ4v) is 12.0. The van der Waals surface area contributed by atoms with Gasteiger partial charge in [0.25, 0.3) is 0 Å². The first-order valence-electron chi connectivity index (χ1n) is 17.9. The fourth-order valence-electron chi connectivity index (χ4n) is 12.0. The van der Waals surface area contributed by atoms with E-state index in [1.54, 1.807) is 0 Å². The molecule has 8 nitrogen and oxygen atoms in total. The lowest BCUT2D eigenvalue weighted by Gasteiger charge is -2.35. The Labute approximate surface area is 250 Å². The quantitative estimate of drug-likeness (QED) is 0.213. The maximum atomic E-state index is 4.26. The molecule has 9 fully saturated rings. The number of hydrogen-bond acceptors (Lipinski definition) is 8. The van der Waals surface area contributed by atoms with Crippen LogP contribution >= 0.6 is 0 Å². The number of fused-ring (bicyclic) bond motifs is 20. The predicted molar refractivity (Wildman–Crippen MR) is 163 cm³/mol. The van der Waals surface area contributed by atoms with Crippen LogP contribution in [0.2, 0.25) is 0 Å². The summed E-state index contributed by atoms with van der Waals surface area (Å²) in [4.78, 5) is 0. The maximum Gasteiger partial charge on any atom is 0.0628 e. The summed E-state index contributed by atoms with van der Waals surface area (Å²) in [5.41, 5.74) is 0. The average molecular weight is 564 g/mol. The van der Waals surface area contributed by atoms with Crippen LogP contribution in [0.5, 0.6) is 0 Å². The summed E-state index contributed by atoms with van der Waals surface area (Å²) in [6, 6.07) is 0. The van der Waals surface area contributed by atoms with Gasteiger partial charge in [0.1, 0.15) is 0 Å². The summed E-state index contributed by atoms with van der Waals surface area (Å²) in [5, 5.41) is 33.8. The largest absolute Gasteiger partial charge is 0.286 e. The molecule has 0 aromatic heterocycles. The molecular weight excluding hydrogens is 507 g/mol. The highest BCUT2D eigenvalue weighted by Gasteiger charge is 2.54. The fraction of sp³-hybridized carbons (Fsp3) is 1.00. The van der Waals surface area contributed by atoms with Crippen molar-refractivity contribution in [3.8, 4) is 0 Å². The van der Waals surface area contributed by atoms with Crippen molar-refractivity contribution < 1.29 is 0 Å². The molecule has 8 N–H and O–H groups in total. The van der Waals surface area contributed by atoms with E-state index in [0.29, 0.717) is 49.3 Å². The zero-order chi connectivity index (χ0) is 26.2. The first-order chi connectivity index (χ1) is 19.8. The molecule has 0 aromatic carbocycles. The van der Waals surface area contributed by atoms with Gasteiger partial charge in [0, 0.05) is 8.41 Å². The van der Waals surface area contributed by atoms with Crippen molar-refractivity contribution in [1.29, 1.82) is 0 Å². The lowest BCUT2D eigenvalue weighted by atomic mass is 9.76. The Bertz CT molecular complexity index is 716. The van der Waals surface area contributed by atoms with Crippen molar-refractivity contribution >= 4 is 8.41 Å². The number of nitrogens with one attached hydrogen (secondary N) is 8. The Kier molecular flexibility index (Phi) is 7.98. The van der Waals surface area contributed by atoms with E-state index in [4.69, 9.17) is 0 Å². The molecule has 227 valence electrons. The first kappa shape index (κ1) is 28.2. The van der Waals surface area contributed by atoms with Gasteiger partial charge >= 0.3 is 0 Å². The molecule has 3 radical (unpaired) electrons. The van der Waals surface area contributed by atoms with Gasteiger partial charge in [-0.2, -0.15) is 0 Å². The van der Waals surface area contributed by atoms with Gasteiger partial charge in [0.15, 0.2) is 0 Å². The van der Waals surface area contributed by atoms with Crippen LogP contribution in [0, 0.1) is 47.3 Å². The molecule has 0 aromatic rings. The van der Waals surface area contributed by atoms with E-state index < -0.39 is 0 Å². The van der Waals surface area contributed by atoms with Gasteiger partial charge in [0.05, 0.1) is 49.3 Å². The van der Waals surface area contributed by atoms with Gasteiger partial charge in [-0.3, -0.25) is 42.5 Å². The normalized spacial score (nSPS) is 56.2. The lowest BCUT2D eigenvalue weighted by Crippen LogP contribution is -2.61. The minimum absolute atomic E-state index is 0. The molecule has 4 saturated carbocycles. The van der Waals surface area contributed by atoms with Crippen molar-refractivity contribution in [3.05, 3.63) is 0 Å². The molecule has 5 aliphatic heterocycles. The lowest BCUT2D eigenvalue weighted by molar-refractivity contribution is 0.167. The first-order valence-corrected chi connectivity index (χ1v) is 17.9. The Balaban J connectivity index is 0.00000256. The van der Waals surface area contributed by atoms with E-state index >= 15 is 0 Å². The summed E-state index contributed by atoms with van der Waals surface area (Å²) in [7, 11) is 0. The van der Waals surface area contributed by atoms with Crippen LogP contribution in [0.25, 0.3) is 0 Å². The molecule has 8 bridgehead atoms. The molecular formula is C32H56BN8. The van der Waals surface area contributed by atoms with E-state index in [2.05, 4.69) is 42.5 Å². The van der Waals surface area contributed by atoms with Crippen LogP contribution in [-0.4, -0.2) is 57.7 Å². The summed E-state index contributed by atoms with van der Waals surface area (Å²) >= 11 is 0. The molecule has 4 aliphatic carbocycles. The number of hydrogen-bond donors (Lipinski definition) is 8. The van der Waals surface area contributed by atoms with Gasteiger partial charge < -0.3 is 0 Å². The molecule has 9 rings (SSSR count). The van der Waals surface area contributed by atoms with Crippen molar-refractivity contribution in [2.45, 2.75) is 152 Å². The standard InChI is InChI=1S/C32H56N8.B/c1-2-10-18-17(9-1)25-33-26(18)38-28-21-13-5-6-14-22(21)30(35-28)40-32-24-16-8-7-15-23(24)31(36-32)39-29-20-12-4-3-11-19(20)27(34-29)37-25;/h17-40H,1-16H2;. The van der Waals surface area contributed by atoms with E-state index in [1.807, 2.05) is 0 Å². The molecule has 9 aliphatic rings. The minimum atomic E-state index is 0. The Morgan fingerprint density at radius 1 is 0.220 bits per heavy atom. The van der Waals surface area contributed by atoms with Gasteiger partial charge in [-0.15, -0.1) is 0 Å². The molecule has 5 saturated heterocycles.